The summed E-state index contributed by atoms with van der Waals surface area (Å²) in [4.78, 5) is 22.4. The van der Waals surface area contributed by atoms with Crippen molar-refractivity contribution in [3.8, 4) is 5.88 Å². The molecule has 0 saturated carbocycles. The highest BCUT2D eigenvalue weighted by Crippen LogP contribution is 2.32. The lowest BCUT2D eigenvalue weighted by atomic mass is 10.1. The molecule has 0 spiro atoms. The number of rotatable bonds is 15. The lowest BCUT2D eigenvalue weighted by Gasteiger charge is -2.23. The summed E-state index contributed by atoms with van der Waals surface area (Å²) < 4.78 is 22.0. The van der Waals surface area contributed by atoms with Gasteiger partial charge in [0.1, 0.15) is 18.0 Å². The van der Waals surface area contributed by atoms with Crippen LogP contribution >= 0.6 is 9.24 Å². The topological polar surface area (TPSA) is 73.2 Å². The van der Waals surface area contributed by atoms with Crippen molar-refractivity contribution < 1.29 is 18.7 Å². The van der Waals surface area contributed by atoms with Gasteiger partial charge in [-0.3, -0.25) is 4.79 Å². The lowest BCUT2D eigenvalue weighted by Crippen LogP contribution is -2.28. The summed E-state index contributed by atoms with van der Waals surface area (Å²) in [7, 11) is 2.09. The van der Waals surface area contributed by atoms with E-state index in [2.05, 4.69) is 53.2 Å². The molecule has 1 heterocycles. The monoisotopic (exact) mass is 585 g/mol. The second kappa shape index (κ2) is 19.7. The number of aromatic nitrogens is 2. The minimum Gasteiger partial charge on any atom is -0.439 e. The number of carbonyl (C=O) groups excluding carboxylic acids is 2. The van der Waals surface area contributed by atoms with Crippen LogP contribution in [0.1, 0.15) is 83.3 Å². The molecule has 0 bridgehead atoms. The van der Waals surface area contributed by atoms with Crippen molar-refractivity contribution in [2.45, 2.75) is 85.6 Å². The van der Waals surface area contributed by atoms with Crippen LogP contribution < -0.4 is 10.1 Å². The Morgan fingerprint density at radius 2 is 1.90 bits per heavy atom. The Labute approximate surface area is 249 Å². The SMILES string of the molecule is C=C(/C=C\C(=C/C)CC)CNC(=O)c1nn(C(C)(C)C)c(O/C(=C/C=C\CCC)C(=C)C(F)P)c1C.C=CCC=O. The van der Waals surface area contributed by atoms with Crippen molar-refractivity contribution in [3.05, 3.63) is 96.0 Å². The molecule has 41 heavy (non-hydrogen) atoms. The third kappa shape index (κ3) is 13.7. The molecular weight excluding hydrogens is 536 g/mol. The van der Waals surface area contributed by atoms with Crippen LogP contribution in [0.4, 0.5) is 4.39 Å². The molecule has 0 aromatic carbocycles. The number of aldehydes is 1. The van der Waals surface area contributed by atoms with Crippen molar-refractivity contribution in [3.63, 3.8) is 0 Å². The average molecular weight is 586 g/mol. The molecule has 2 atom stereocenters. The van der Waals surface area contributed by atoms with E-state index >= 15 is 0 Å². The molecule has 1 N–H and O–H groups in total. The van der Waals surface area contributed by atoms with E-state index in [4.69, 9.17) is 4.74 Å². The number of hydrogen-bond donors (Lipinski definition) is 1. The molecule has 0 aliphatic heterocycles. The first kappa shape index (κ1) is 37.7. The van der Waals surface area contributed by atoms with E-state index in [-0.39, 0.29) is 29.5 Å². The molecule has 0 radical (unpaired) electrons. The van der Waals surface area contributed by atoms with E-state index in [0.717, 1.165) is 31.1 Å². The minimum absolute atomic E-state index is 0.184. The maximum absolute atomic E-state index is 14.1. The smallest absolute Gasteiger partial charge is 0.272 e. The summed E-state index contributed by atoms with van der Waals surface area (Å²) in [6, 6.07) is 0. The fraction of sp³-hybridized carbons (Fsp3) is 0.424. The highest BCUT2D eigenvalue weighted by Gasteiger charge is 2.28. The maximum atomic E-state index is 14.1. The van der Waals surface area contributed by atoms with Gasteiger partial charge in [0, 0.05) is 24.1 Å². The summed E-state index contributed by atoms with van der Waals surface area (Å²) in [6.07, 6.45) is 17.1. The van der Waals surface area contributed by atoms with Crippen molar-refractivity contribution in [2.24, 2.45) is 0 Å². The predicted molar refractivity (Wildman–Crippen MR) is 174 cm³/mol. The van der Waals surface area contributed by atoms with E-state index in [1.807, 2.05) is 58.1 Å². The predicted octanol–water partition coefficient (Wildman–Crippen LogP) is 8.25. The third-order valence-corrected chi connectivity index (χ3v) is 6.07. The van der Waals surface area contributed by atoms with Crippen molar-refractivity contribution in [1.29, 1.82) is 0 Å². The van der Waals surface area contributed by atoms with Crippen LogP contribution in [-0.2, 0) is 10.3 Å². The van der Waals surface area contributed by atoms with Crippen LogP contribution in [0.2, 0.25) is 0 Å². The highest BCUT2D eigenvalue weighted by molar-refractivity contribution is 7.17. The van der Waals surface area contributed by atoms with Gasteiger partial charge < -0.3 is 14.8 Å². The van der Waals surface area contributed by atoms with Crippen LogP contribution in [0.3, 0.4) is 0 Å². The van der Waals surface area contributed by atoms with Gasteiger partial charge in [-0.15, -0.1) is 6.58 Å². The first-order valence-electron chi connectivity index (χ1n) is 13.9. The Morgan fingerprint density at radius 1 is 1.24 bits per heavy atom. The fourth-order valence-corrected chi connectivity index (χ4v) is 3.35. The van der Waals surface area contributed by atoms with E-state index < -0.39 is 11.5 Å². The van der Waals surface area contributed by atoms with Crippen molar-refractivity contribution >= 4 is 21.4 Å². The molecule has 8 heteroatoms. The van der Waals surface area contributed by atoms with Gasteiger partial charge in [-0.2, -0.15) is 5.10 Å². The Morgan fingerprint density at radius 3 is 2.37 bits per heavy atom. The van der Waals surface area contributed by atoms with Crippen LogP contribution in [0.25, 0.3) is 0 Å². The number of nitrogens with zero attached hydrogens (tertiary/aromatic N) is 2. The summed E-state index contributed by atoms with van der Waals surface area (Å²) >= 11 is 0. The largest absolute Gasteiger partial charge is 0.439 e. The van der Waals surface area contributed by atoms with Gasteiger partial charge in [0.25, 0.3) is 5.91 Å². The number of allylic oxidation sites excluding steroid dienone is 8. The first-order chi connectivity index (χ1) is 19.3. The van der Waals surface area contributed by atoms with E-state index in [1.54, 1.807) is 23.8 Å². The molecule has 1 aromatic rings. The fourth-order valence-electron chi connectivity index (χ4n) is 3.18. The average Bonchev–Trinajstić information content (AvgIpc) is 3.26. The number of unbranched alkanes of at least 4 members (excludes halogenated alkanes) is 1. The number of nitrogens with one attached hydrogen (secondary N) is 1. The van der Waals surface area contributed by atoms with E-state index in [9.17, 15) is 14.0 Å². The minimum atomic E-state index is -1.38. The molecular formula is C33H49FN3O3P. The highest BCUT2D eigenvalue weighted by atomic mass is 31.0. The molecule has 1 rings (SSSR count). The molecule has 1 aromatic heterocycles. The normalized spacial score (nSPS) is 13.0. The van der Waals surface area contributed by atoms with Crippen LogP contribution in [0.5, 0.6) is 5.88 Å². The number of halogens is 1. The zero-order valence-corrected chi connectivity index (χ0v) is 27.1. The van der Waals surface area contributed by atoms with Crippen LogP contribution in [-0.4, -0.2) is 34.4 Å². The number of carbonyl (C=O) groups is 2. The van der Waals surface area contributed by atoms with Crippen LogP contribution in [0.15, 0.2) is 84.7 Å². The van der Waals surface area contributed by atoms with Gasteiger partial charge >= 0.3 is 0 Å². The Hall–Kier alpha value is -3.31. The Balaban J connectivity index is 0.00000292. The number of amides is 1. The molecule has 0 fully saturated rings. The zero-order valence-electron chi connectivity index (χ0n) is 25.9. The van der Waals surface area contributed by atoms with Crippen molar-refractivity contribution in [1.82, 2.24) is 15.1 Å². The first-order valence-corrected chi connectivity index (χ1v) is 14.5. The number of hydrogen-bond acceptors (Lipinski definition) is 4. The Bertz CT molecular complexity index is 1160. The molecule has 2 unspecified atom stereocenters. The molecule has 0 aliphatic rings. The van der Waals surface area contributed by atoms with Crippen LogP contribution in [0, 0.1) is 6.92 Å². The van der Waals surface area contributed by atoms with Gasteiger partial charge in [0.2, 0.25) is 5.88 Å². The lowest BCUT2D eigenvalue weighted by molar-refractivity contribution is -0.107. The van der Waals surface area contributed by atoms with Crippen molar-refractivity contribution in [2.75, 3.05) is 6.54 Å². The molecule has 0 aliphatic carbocycles. The van der Waals surface area contributed by atoms with E-state index in [1.165, 1.54) is 5.57 Å². The summed E-state index contributed by atoms with van der Waals surface area (Å²) in [5.41, 5.74) is 2.46. The summed E-state index contributed by atoms with van der Waals surface area (Å²) in [5.74, 6) is -1.06. The van der Waals surface area contributed by atoms with Gasteiger partial charge in [-0.05, 0) is 59.1 Å². The quantitative estimate of drug-likeness (QED) is 0.0740. The number of alkyl halides is 1. The number of ether oxygens (including phenoxy) is 1. The van der Waals surface area contributed by atoms with Gasteiger partial charge in [0.05, 0.1) is 5.54 Å². The Kier molecular flexibility index (Phi) is 18.1. The van der Waals surface area contributed by atoms with Gasteiger partial charge in [-0.25, -0.2) is 9.07 Å². The van der Waals surface area contributed by atoms with Gasteiger partial charge in [0.15, 0.2) is 5.69 Å². The zero-order chi connectivity index (χ0) is 31.6. The molecule has 6 nitrogen and oxygen atoms in total. The van der Waals surface area contributed by atoms with Gasteiger partial charge in [-0.1, -0.05) is 84.7 Å². The molecule has 0 saturated heterocycles. The summed E-state index contributed by atoms with van der Waals surface area (Å²) in [6.45, 7) is 25.3. The second-order valence-electron chi connectivity index (χ2n) is 10.2. The third-order valence-electron chi connectivity index (χ3n) is 5.66. The standard InChI is InChI=1S/C29H43FN3O2P.C4H6O/c1-10-13-14-15-16-24(21(5)26(30)36)35-28-22(6)25(32-33(28)29(7,8)9)27(34)31-19-20(4)17-18-23(11-2)12-3;1-2-3-4-5/h11,14-18,26H,4-5,10,12-13,19,36H2,1-3,6-9H3,(H,31,34);2,4H,1,3H2/b15-14-,18-17-,23-11-,24-16+;. The maximum Gasteiger partial charge on any atom is 0.272 e. The van der Waals surface area contributed by atoms with E-state index in [0.29, 0.717) is 17.9 Å². The summed E-state index contributed by atoms with van der Waals surface area (Å²) in [5, 5.41) is 7.46. The second-order valence-corrected chi connectivity index (χ2v) is 10.8. The molecule has 1 amide bonds. The molecule has 226 valence electrons.